The number of aliphatic carboxylic acids is 1. The minimum atomic E-state index is -4.74. The predicted molar refractivity (Wildman–Crippen MR) is 69.8 cm³/mol. The molecular formula is C14H13F3N2O3. The van der Waals surface area contributed by atoms with Gasteiger partial charge in [0.2, 0.25) is 0 Å². The number of carboxylic acid groups (broad SMARTS) is 1. The van der Waals surface area contributed by atoms with Crippen molar-refractivity contribution in [2.24, 2.45) is 0 Å². The molecule has 22 heavy (non-hydrogen) atoms. The van der Waals surface area contributed by atoms with Gasteiger partial charge in [0.15, 0.2) is 0 Å². The quantitative estimate of drug-likeness (QED) is 0.905. The number of carbonyl (C=O) groups is 2. The number of amides is 1. The Kier molecular flexibility index (Phi) is 5.51. The van der Waals surface area contributed by atoms with Gasteiger partial charge in [-0.3, -0.25) is 4.79 Å². The molecule has 0 bridgehead atoms. The fourth-order valence-electron chi connectivity index (χ4n) is 1.85. The predicted octanol–water partition coefficient (Wildman–Crippen LogP) is 2.53. The van der Waals surface area contributed by atoms with Crippen LogP contribution in [-0.4, -0.2) is 34.5 Å². The van der Waals surface area contributed by atoms with Gasteiger partial charge in [-0.05, 0) is 19.1 Å². The van der Waals surface area contributed by atoms with E-state index in [4.69, 9.17) is 10.4 Å². The summed E-state index contributed by atoms with van der Waals surface area (Å²) in [7, 11) is 0. The molecule has 0 spiro atoms. The first-order valence-electron chi connectivity index (χ1n) is 6.27. The second kappa shape index (κ2) is 6.93. The van der Waals surface area contributed by atoms with Crippen molar-refractivity contribution < 1.29 is 27.9 Å². The van der Waals surface area contributed by atoms with Gasteiger partial charge in [-0.1, -0.05) is 12.1 Å². The molecule has 118 valence electrons. The molecule has 1 unspecified atom stereocenters. The molecule has 0 aromatic heterocycles. The van der Waals surface area contributed by atoms with Crippen molar-refractivity contribution in [1.82, 2.24) is 4.90 Å². The zero-order chi connectivity index (χ0) is 16.9. The Morgan fingerprint density at radius 3 is 2.45 bits per heavy atom. The summed E-state index contributed by atoms with van der Waals surface area (Å²) in [6, 6.07) is 4.52. The van der Waals surface area contributed by atoms with Crippen LogP contribution in [0.3, 0.4) is 0 Å². The van der Waals surface area contributed by atoms with Crippen molar-refractivity contribution in [2.45, 2.75) is 25.6 Å². The van der Waals surface area contributed by atoms with Gasteiger partial charge >= 0.3 is 12.1 Å². The van der Waals surface area contributed by atoms with E-state index in [0.717, 1.165) is 23.1 Å². The number of carboxylic acids is 1. The Morgan fingerprint density at radius 1 is 1.36 bits per heavy atom. The van der Waals surface area contributed by atoms with Gasteiger partial charge in [0.25, 0.3) is 5.91 Å². The standard InChI is InChI=1S/C14H13F3N2O3/c1-9(13(21)22)19(8-4-7-18)12(20)10-5-2-3-6-11(10)14(15,16)17/h2-3,5-6,9H,4,8H2,1H3,(H,21,22). The van der Waals surface area contributed by atoms with Crippen molar-refractivity contribution in [3.8, 4) is 6.07 Å². The lowest BCUT2D eigenvalue weighted by Crippen LogP contribution is -2.44. The first kappa shape index (κ1) is 17.5. The number of halogens is 3. The van der Waals surface area contributed by atoms with E-state index in [0.29, 0.717) is 0 Å². The highest BCUT2D eigenvalue weighted by Crippen LogP contribution is 2.32. The van der Waals surface area contributed by atoms with Crippen LogP contribution in [0.25, 0.3) is 0 Å². The van der Waals surface area contributed by atoms with E-state index in [2.05, 4.69) is 0 Å². The second-order valence-corrected chi connectivity index (χ2v) is 4.46. The Morgan fingerprint density at radius 2 is 1.95 bits per heavy atom. The first-order chi connectivity index (χ1) is 10.2. The minimum absolute atomic E-state index is 0.183. The van der Waals surface area contributed by atoms with Crippen LogP contribution in [0.15, 0.2) is 24.3 Å². The van der Waals surface area contributed by atoms with E-state index in [1.165, 1.54) is 13.0 Å². The zero-order valence-corrected chi connectivity index (χ0v) is 11.6. The lowest BCUT2D eigenvalue weighted by Gasteiger charge is -2.26. The van der Waals surface area contributed by atoms with Crippen LogP contribution in [0.4, 0.5) is 13.2 Å². The number of alkyl halides is 3. The van der Waals surface area contributed by atoms with E-state index in [1.807, 2.05) is 0 Å². The number of nitrogens with zero attached hydrogens (tertiary/aromatic N) is 2. The summed E-state index contributed by atoms with van der Waals surface area (Å²) in [6.07, 6.45) is -4.92. The van der Waals surface area contributed by atoms with Crippen LogP contribution >= 0.6 is 0 Å². The Hall–Kier alpha value is -2.56. The highest BCUT2D eigenvalue weighted by atomic mass is 19.4. The summed E-state index contributed by atoms with van der Waals surface area (Å²) in [5, 5.41) is 17.5. The SMILES string of the molecule is CC(C(=O)O)N(CCC#N)C(=O)c1ccccc1C(F)(F)F. The van der Waals surface area contributed by atoms with Gasteiger partial charge < -0.3 is 10.0 Å². The second-order valence-electron chi connectivity index (χ2n) is 4.46. The maximum absolute atomic E-state index is 12.9. The molecule has 1 atom stereocenters. The molecule has 1 aromatic carbocycles. The van der Waals surface area contributed by atoms with Crippen LogP contribution in [0.2, 0.25) is 0 Å². The van der Waals surface area contributed by atoms with Crippen molar-refractivity contribution in [3.05, 3.63) is 35.4 Å². The van der Waals surface area contributed by atoms with Crippen LogP contribution in [0.1, 0.15) is 29.3 Å². The fraction of sp³-hybridized carbons (Fsp3) is 0.357. The molecule has 8 heteroatoms. The molecular weight excluding hydrogens is 301 g/mol. The van der Waals surface area contributed by atoms with Crippen molar-refractivity contribution in [3.63, 3.8) is 0 Å². The molecule has 0 heterocycles. The maximum Gasteiger partial charge on any atom is 0.417 e. The summed E-state index contributed by atoms with van der Waals surface area (Å²) >= 11 is 0. The molecule has 0 radical (unpaired) electrons. The lowest BCUT2D eigenvalue weighted by atomic mass is 10.0. The smallest absolute Gasteiger partial charge is 0.417 e. The monoisotopic (exact) mass is 314 g/mol. The molecule has 0 saturated carbocycles. The molecule has 1 rings (SSSR count). The summed E-state index contributed by atoms with van der Waals surface area (Å²) in [5.41, 5.74) is -1.78. The fourth-order valence-corrected chi connectivity index (χ4v) is 1.85. The van der Waals surface area contributed by atoms with Gasteiger partial charge in [-0.2, -0.15) is 18.4 Å². The topological polar surface area (TPSA) is 81.4 Å². The molecule has 0 saturated heterocycles. The van der Waals surface area contributed by atoms with Gasteiger partial charge in [0.1, 0.15) is 6.04 Å². The Bertz CT molecular complexity index is 608. The average molecular weight is 314 g/mol. The third-order valence-electron chi connectivity index (χ3n) is 3.01. The van der Waals surface area contributed by atoms with Gasteiger partial charge in [0, 0.05) is 6.54 Å². The van der Waals surface area contributed by atoms with E-state index < -0.39 is 35.2 Å². The average Bonchev–Trinajstić information content (AvgIpc) is 2.46. The summed E-state index contributed by atoms with van der Waals surface area (Å²) in [4.78, 5) is 24.1. The number of benzene rings is 1. The van der Waals surface area contributed by atoms with Crippen LogP contribution in [-0.2, 0) is 11.0 Å². The van der Waals surface area contributed by atoms with E-state index in [-0.39, 0.29) is 13.0 Å². The summed E-state index contributed by atoms with van der Waals surface area (Å²) < 4.78 is 38.8. The number of nitriles is 1. The largest absolute Gasteiger partial charge is 0.480 e. The molecule has 0 aliphatic heterocycles. The van der Waals surface area contributed by atoms with Gasteiger partial charge in [0.05, 0.1) is 23.6 Å². The molecule has 0 aliphatic rings. The van der Waals surface area contributed by atoms with Crippen molar-refractivity contribution in [1.29, 1.82) is 5.26 Å². The summed E-state index contributed by atoms with van der Waals surface area (Å²) in [6.45, 7) is 0.906. The zero-order valence-electron chi connectivity index (χ0n) is 11.6. The third-order valence-corrected chi connectivity index (χ3v) is 3.01. The maximum atomic E-state index is 12.9. The van der Waals surface area contributed by atoms with E-state index >= 15 is 0 Å². The van der Waals surface area contributed by atoms with Gasteiger partial charge in [-0.15, -0.1) is 0 Å². The number of hydrogen-bond donors (Lipinski definition) is 1. The van der Waals surface area contributed by atoms with E-state index in [9.17, 15) is 22.8 Å². The van der Waals surface area contributed by atoms with Crippen molar-refractivity contribution >= 4 is 11.9 Å². The highest BCUT2D eigenvalue weighted by Gasteiger charge is 2.37. The van der Waals surface area contributed by atoms with Crippen LogP contribution < -0.4 is 0 Å². The molecule has 0 aliphatic carbocycles. The normalized spacial score (nSPS) is 12.3. The molecule has 1 aromatic rings. The Balaban J connectivity index is 3.26. The first-order valence-corrected chi connectivity index (χ1v) is 6.27. The number of hydrogen-bond acceptors (Lipinski definition) is 3. The van der Waals surface area contributed by atoms with E-state index in [1.54, 1.807) is 6.07 Å². The molecule has 1 amide bonds. The van der Waals surface area contributed by atoms with Crippen molar-refractivity contribution in [2.75, 3.05) is 6.54 Å². The third kappa shape index (κ3) is 3.97. The number of rotatable bonds is 5. The highest BCUT2D eigenvalue weighted by molar-refractivity contribution is 5.98. The Labute approximate surface area is 124 Å². The molecule has 0 fully saturated rings. The molecule has 1 N–H and O–H groups in total. The number of carbonyl (C=O) groups excluding carboxylic acids is 1. The summed E-state index contributed by atoms with van der Waals surface area (Å²) in [5.74, 6) is -2.44. The lowest BCUT2D eigenvalue weighted by molar-refractivity contribution is -0.141. The molecule has 5 nitrogen and oxygen atoms in total. The minimum Gasteiger partial charge on any atom is -0.480 e. The van der Waals surface area contributed by atoms with Gasteiger partial charge in [-0.25, -0.2) is 4.79 Å². The van der Waals surface area contributed by atoms with Crippen LogP contribution in [0, 0.1) is 11.3 Å². The van der Waals surface area contributed by atoms with Crippen LogP contribution in [0.5, 0.6) is 0 Å².